The molecule has 0 aliphatic rings. The van der Waals surface area contributed by atoms with E-state index in [1.54, 1.807) is 18.3 Å². The summed E-state index contributed by atoms with van der Waals surface area (Å²) >= 11 is 1.69. The van der Waals surface area contributed by atoms with Crippen molar-refractivity contribution in [3.8, 4) is 0 Å². The molecule has 2 rings (SSSR count). The van der Waals surface area contributed by atoms with Crippen molar-refractivity contribution in [3.63, 3.8) is 0 Å². The Kier molecular flexibility index (Phi) is 3.22. The number of thiophene rings is 1. The highest BCUT2D eigenvalue weighted by molar-refractivity contribution is 7.17. The first-order valence-electron chi connectivity index (χ1n) is 5.17. The van der Waals surface area contributed by atoms with Crippen LogP contribution in [-0.4, -0.2) is 11.9 Å². The SMILES string of the molecule is C[C@@H](N)C(=O)NCc1csc2ccccc12. The zero-order valence-electron chi connectivity index (χ0n) is 9.07. The molecule has 0 bridgehead atoms. The quantitative estimate of drug-likeness (QED) is 0.851. The summed E-state index contributed by atoms with van der Waals surface area (Å²) in [7, 11) is 0. The van der Waals surface area contributed by atoms with Gasteiger partial charge in [0, 0.05) is 11.2 Å². The highest BCUT2D eigenvalue weighted by Gasteiger charge is 2.08. The van der Waals surface area contributed by atoms with E-state index < -0.39 is 6.04 Å². The summed E-state index contributed by atoms with van der Waals surface area (Å²) in [6.45, 7) is 2.23. The second-order valence-electron chi connectivity index (χ2n) is 3.76. The summed E-state index contributed by atoms with van der Waals surface area (Å²) in [5, 5.41) is 6.10. The van der Waals surface area contributed by atoms with Gasteiger partial charge in [0.25, 0.3) is 0 Å². The minimum Gasteiger partial charge on any atom is -0.351 e. The van der Waals surface area contributed by atoms with Gasteiger partial charge in [-0.3, -0.25) is 4.79 Å². The van der Waals surface area contributed by atoms with Crippen LogP contribution in [0, 0.1) is 0 Å². The lowest BCUT2D eigenvalue weighted by Gasteiger charge is -2.06. The van der Waals surface area contributed by atoms with Crippen LogP contribution < -0.4 is 11.1 Å². The number of fused-ring (bicyclic) bond motifs is 1. The third kappa shape index (κ3) is 2.23. The maximum absolute atomic E-state index is 11.3. The predicted octanol–water partition coefficient (Wildman–Crippen LogP) is 1.86. The molecule has 0 aliphatic carbocycles. The van der Waals surface area contributed by atoms with Gasteiger partial charge in [-0.05, 0) is 29.3 Å². The zero-order valence-corrected chi connectivity index (χ0v) is 9.88. The van der Waals surface area contributed by atoms with Crippen LogP contribution in [0.25, 0.3) is 10.1 Å². The average molecular weight is 234 g/mol. The van der Waals surface area contributed by atoms with Gasteiger partial charge in [0.2, 0.25) is 5.91 Å². The van der Waals surface area contributed by atoms with Gasteiger partial charge >= 0.3 is 0 Å². The first-order chi connectivity index (χ1) is 7.68. The fraction of sp³-hybridized carbons (Fsp3) is 0.250. The van der Waals surface area contributed by atoms with Gasteiger partial charge in [-0.2, -0.15) is 0 Å². The van der Waals surface area contributed by atoms with Crippen molar-refractivity contribution in [1.29, 1.82) is 0 Å². The Morgan fingerprint density at radius 3 is 3.00 bits per heavy atom. The Balaban J connectivity index is 2.13. The molecular formula is C12H14N2OS. The number of benzene rings is 1. The summed E-state index contributed by atoms with van der Waals surface area (Å²) in [5.74, 6) is -0.115. The van der Waals surface area contributed by atoms with E-state index in [2.05, 4.69) is 22.8 Å². The van der Waals surface area contributed by atoms with Gasteiger partial charge in [-0.15, -0.1) is 11.3 Å². The first kappa shape index (κ1) is 11.1. The molecule has 1 heterocycles. The lowest BCUT2D eigenvalue weighted by atomic mass is 10.2. The molecule has 0 saturated heterocycles. The Hall–Kier alpha value is -1.39. The molecule has 2 aromatic rings. The minimum absolute atomic E-state index is 0.115. The van der Waals surface area contributed by atoms with Crippen LogP contribution in [0.3, 0.4) is 0 Å². The number of nitrogens with two attached hydrogens (primary N) is 1. The molecule has 4 heteroatoms. The Morgan fingerprint density at radius 2 is 2.25 bits per heavy atom. The molecule has 1 aromatic heterocycles. The van der Waals surface area contributed by atoms with E-state index in [0.29, 0.717) is 6.54 Å². The topological polar surface area (TPSA) is 55.1 Å². The van der Waals surface area contributed by atoms with E-state index in [0.717, 1.165) is 5.56 Å². The summed E-state index contributed by atoms with van der Waals surface area (Å²) in [6.07, 6.45) is 0. The molecule has 0 unspecified atom stereocenters. The highest BCUT2D eigenvalue weighted by atomic mass is 32.1. The number of carbonyl (C=O) groups is 1. The van der Waals surface area contributed by atoms with Gasteiger partial charge < -0.3 is 11.1 Å². The van der Waals surface area contributed by atoms with Crippen molar-refractivity contribution in [3.05, 3.63) is 35.2 Å². The molecule has 3 N–H and O–H groups in total. The number of nitrogens with one attached hydrogen (secondary N) is 1. The summed E-state index contributed by atoms with van der Waals surface area (Å²) < 4.78 is 1.24. The largest absolute Gasteiger partial charge is 0.351 e. The van der Waals surface area contributed by atoms with Gasteiger partial charge in [0.1, 0.15) is 0 Å². The standard InChI is InChI=1S/C12H14N2OS/c1-8(13)12(15)14-6-9-7-16-11-5-3-2-4-10(9)11/h2-5,7-8H,6,13H2,1H3,(H,14,15)/t8-/m1/s1. The van der Waals surface area contributed by atoms with Crippen molar-refractivity contribution in [1.82, 2.24) is 5.32 Å². The zero-order chi connectivity index (χ0) is 11.5. The predicted molar refractivity (Wildman–Crippen MR) is 67.3 cm³/mol. The molecular weight excluding hydrogens is 220 g/mol. The number of hydrogen-bond acceptors (Lipinski definition) is 3. The van der Waals surface area contributed by atoms with Crippen molar-refractivity contribution in [2.24, 2.45) is 5.73 Å². The van der Waals surface area contributed by atoms with Crippen LogP contribution in [-0.2, 0) is 11.3 Å². The van der Waals surface area contributed by atoms with Gasteiger partial charge in [-0.25, -0.2) is 0 Å². The van der Waals surface area contributed by atoms with Crippen LogP contribution >= 0.6 is 11.3 Å². The fourth-order valence-electron chi connectivity index (χ4n) is 1.51. The van der Waals surface area contributed by atoms with Crippen molar-refractivity contribution in [2.75, 3.05) is 0 Å². The molecule has 1 aromatic carbocycles. The molecule has 84 valence electrons. The molecule has 1 amide bonds. The second kappa shape index (κ2) is 4.63. The molecule has 16 heavy (non-hydrogen) atoms. The maximum atomic E-state index is 11.3. The first-order valence-corrected chi connectivity index (χ1v) is 6.05. The van der Waals surface area contributed by atoms with Gasteiger partial charge in [0.15, 0.2) is 0 Å². The Bertz CT molecular complexity index is 504. The maximum Gasteiger partial charge on any atom is 0.236 e. The van der Waals surface area contributed by atoms with Crippen LogP contribution in [0.1, 0.15) is 12.5 Å². The van der Waals surface area contributed by atoms with E-state index in [1.165, 1.54) is 10.1 Å². The molecule has 0 spiro atoms. The molecule has 0 fully saturated rings. The molecule has 1 atom stereocenters. The van der Waals surface area contributed by atoms with E-state index in [4.69, 9.17) is 5.73 Å². The third-order valence-electron chi connectivity index (χ3n) is 2.43. The lowest BCUT2D eigenvalue weighted by Crippen LogP contribution is -2.37. The number of rotatable bonds is 3. The van der Waals surface area contributed by atoms with Crippen LogP contribution in [0.15, 0.2) is 29.6 Å². The minimum atomic E-state index is -0.454. The molecule has 0 saturated carbocycles. The Morgan fingerprint density at radius 1 is 1.50 bits per heavy atom. The van der Waals surface area contributed by atoms with E-state index in [1.807, 2.05) is 12.1 Å². The van der Waals surface area contributed by atoms with Crippen LogP contribution in [0.2, 0.25) is 0 Å². The summed E-state index contributed by atoms with van der Waals surface area (Å²) in [6, 6.07) is 7.72. The smallest absolute Gasteiger partial charge is 0.236 e. The van der Waals surface area contributed by atoms with Crippen LogP contribution in [0.4, 0.5) is 0 Å². The number of amides is 1. The third-order valence-corrected chi connectivity index (χ3v) is 3.44. The Labute approximate surface area is 98.3 Å². The summed E-state index contributed by atoms with van der Waals surface area (Å²) in [5.41, 5.74) is 6.63. The molecule has 0 radical (unpaired) electrons. The van der Waals surface area contributed by atoms with Crippen molar-refractivity contribution >= 4 is 27.3 Å². The second-order valence-corrected chi connectivity index (χ2v) is 4.67. The van der Waals surface area contributed by atoms with Gasteiger partial charge in [0.05, 0.1) is 6.04 Å². The summed E-state index contributed by atoms with van der Waals surface area (Å²) in [4.78, 5) is 11.3. The lowest BCUT2D eigenvalue weighted by molar-refractivity contribution is -0.122. The van der Waals surface area contributed by atoms with Crippen molar-refractivity contribution < 1.29 is 4.79 Å². The van der Waals surface area contributed by atoms with Gasteiger partial charge in [-0.1, -0.05) is 18.2 Å². The van der Waals surface area contributed by atoms with Crippen molar-refractivity contribution in [2.45, 2.75) is 19.5 Å². The highest BCUT2D eigenvalue weighted by Crippen LogP contribution is 2.25. The van der Waals surface area contributed by atoms with Crippen LogP contribution in [0.5, 0.6) is 0 Å². The monoisotopic (exact) mass is 234 g/mol. The average Bonchev–Trinajstić information content (AvgIpc) is 2.69. The fourth-order valence-corrected chi connectivity index (χ4v) is 2.48. The van der Waals surface area contributed by atoms with E-state index in [-0.39, 0.29) is 5.91 Å². The number of carbonyl (C=O) groups excluding carboxylic acids is 1. The number of hydrogen-bond donors (Lipinski definition) is 2. The molecule has 3 nitrogen and oxygen atoms in total. The molecule has 0 aliphatic heterocycles. The van der Waals surface area contributed by atoms with E-state index >= 15 is 0 Å². The normalized spacial score (nSPS) is 12.6. The van der Waals surface area contributed by atoms with E-state index in [9.17, 15) is 4.79 Å².